The van der Waals surface area contributed by atoms with E-state index in [0.29, 0.717) is 19.0 Å². The van der Waals surface area contributed by atoms with E-state index in [1.165, 1.54) is 0 Å². The molecule has 2 aromatic heterocycles. The van der Waals surface area contributed by atoms with Crippen LogP contribution in [0, 0.1) is 0 Å². The van der Waals surface area contributed by atoms with E-state index in [0.717, 1.165) is 23.2 Å². The van der Waals surface area contributed by atoms with Crippen molar-refractivity contribution in [3.63, 3.8) is 0 Å². The van der Waals surface area contributed by atoms with Gasteiger partial charge in [-0.15, -0.1) is 0 Å². The van der Waals surface area contributed by atoms with E-state index in [9.17, 15) is 8.42 Å². The van der Waals surface area contributed by atoms with Crippen molar-refractivity contribution >= 4 is 9.84 Å². The van der Waals surface area contributed by atoms with Crippen LogP contribution in [-0.4, -0.2) is 57.4 Å². The summed E-state index contributed by atoms with van der Waals surface area (Å²) in [6.07, 6.45) is 8.75. The van der Waals surface area contributed by atoms with Crippen molar-refractivity contribution in [3.05, 3.63) is 60.9 Å². The van der Waals surface area contributed by atoms with E-state index in [-0.39, 0.29) is 11.5 Å². The highest BCUT2D eigenvalue weighted by Gasteiger charge is 2.21. The van der Waals surface area contributed by atoms with Gasteiger partial charge in [0, 0.05) is 50.0 Å². The third kappa shape index (κ3) is 3.81. The number of imidazole rings is 1. The Morgan fingerprint density at radius 3 is 2.50 bits per heavy atom. The molecular weight excluding hydrogens is 350 g/mol. The van der Waals surface area contributed by atoms with Gasteiger partial charge < -0.3 is 0 Å². The molecule has 0 aliphatic carbocycles. The van der Waals surface area contributed by atoms with Crippen LogP contribution >= 0.6 is 0 Å². The van der Waals surface area contributed by atoms with E-state index in [1.807, 2.05) is 12.1 Å². The van der Waals surface area contributed by atoms with E-state index in [1.54, 1.807) is 35.7 Å². The van der Waals surface area contributed by atoms with Crippen molar-refractivity contribution in [2.24, 2.45) is 0 Å². The molecule has 7 nitrogen and oxygen atoms in total. The van der Waals surface area contributed by atoms with E-state index < -0.39 is 9.84 Å². The van der Waals surface area contributed by atoms with E-state index >= 15 is 0 Å². The molecule has 134 valence electrons. The summed E-state index contributed by atoms with van der Waals surface area (Å²) >= 11 is 0. The maximum Gasteiger partial charge on any atom is 0.234 e. The molecule has 0 radical (unpaired) electrons. The second kappa shape index (κ2) is 6.97. The molecule has 1 aliphatic rings. The molecule has 26 heavy (non-hydrogen) atoms. The summed E-state index contributed by atoms with van der Waals surface area (Å²) in [5, 5.41) is 0. The number of rotatable bonds is 4. The zero-order valence-electron chi connectivity index (χ0n) is 14.2. The second-order valence-corrected chi connectivity index (χ2v) is 8.67. The van der Waals surface area contributed by atoms with Crippen LogP contribution in [0.3, 0.4) is 0 Å². The van der Waals surface area contributed by atoms with Gasteiger partial charge in [-0.25, -0.2) is 23.4 Å². The number of aromatic nitrogens is 4. The molecule has 0 spiro atoms. The number of sulfone groups is 1. The lowest BCUT2D eigenvalue weighted by molar-refractivity contribution is 0.288. The van der Waals surface area contributed by atoms with Gasteiger partial charge in [-0.2, -0.15) is 0 Å². The van der Waals surface area contributed by atoms with Gasteiger partial charge in [0.05, 0.1) is 11.5 Å². The normalized spacial score (nSPS) is 17.2. The number of hydrogen-bond acceptors (Lipinski definition) is 6. The quantitative estimate of drug-likeness (QED) is 0.694. The third-order valence-corrected chi connectivity index (χ3v) is 6.09. The lowest BCUT2D eigenvalue weighted by Gasteiger charge is -2.26. The highest BCUT2D eigenvalue weighted by molar-refractivity contribution is 7.91. The Balaban J connectivity index is 1.49. The van der Waals surface area contributed by atoms with E-state index in [2.05, 4.69) is 32.0 Å². The fourth-order valence-electron chi connectivity index (χ4n) is 3.00. The van der Waals surface area contributed by atoms with Gasteiger partial charge in [0.15, 0.2) is 9.84 Å². The van der Waals surface area contributed by atoms with Crippen molar-refractivity contribution in [3.8, 4) is 17.1 Å². The minimum Gasteiger partial charge on any atom is -0.297 e. The smallest absolute Gasteiger partial charge is 0.234 e. The second-order valence-electron chi connectivity index (χ2n) is 6.37. The highest BCUT2D eigenvalue weighted by atomic mass is 32.2. The number of benzene rings is 1. The molecule has 0 amide bonds. The Morgan fingerprint density at radius 1 is 1.04 bits per heavy atom. The summed E-state index contributed by atoms with van der Waals surface area (Å²) in [7, 11) is -2.85. The molecule has 0 unspecified atom stereocenters. The Kier molecular flexibility index (Phi) is 4.52. The standard InChI is InChI=1S/C18H19N5O2S/c24-26(25)8-6-22(7-9-26)13-15-2-1-3-16(10-15)17-11-20-18(21-12-17)23-5-4-19-14-23/h1-5,10-12,14H,6-9,13H2. The highest BCUT2D eigenvalue weighted by Crippen LogP contribution is 2.20. The van der Waals surface area contributed by atoms with Crippen LogP contribution in [0.25, 0.3) is 17.1 Å². The van der Waals surface area contributed by atoms with Gasteiger partial charge in [-0.05, 0) is 17.2 Å². The SMILES string of the molecule is O=S1(=O)CCN(Cc2cccc(-c3cnc(-n4ccnc4)nc3)c2)CC1. The predicted molar refractivity (Wildman–Crippen MR) is 98.5 cm³/mol. The molecule has 4 rings (SSSR count). The summed E-state index contributed by atoms with van der Waals surface area (Å²) < 4.78 is 24.9. The number of hydrogen-bond donors (Lipinski definition) is 0. The summed E-state index contributed by atoms with van der Waals surface area (Å²) in [5.74, 6) is 1.07. The molecule has 1 fully saturated rings. The first-order chi connectivity index (χ1) is 12.6. The molecule has 3 aromatic rings. The molecule has 3 heterocycles. The molecule has 1 aromatic carbocycles. The zero-order chi connectivity index (χ0) is 18.0. The van der Waals surface area contributed by atoms with Gasteiger partial charge in [-0.3, -0.25) is 9.47 Å². The minimum atomic E-state index is -2.85. The van der Waals surface area contributed by atoms with E-state index in [4.69, 9.17) is 0 Å². The Bertz CT molecular complexity index is 971. The van der Waals surface area contributed by atoms with Crippen LogP contribution in [0.2, 0.25) is 0 Å². The van der Waals surface area contributed by atoms with Crippen LogP contribution in [0.15, 0.2) is 55.4 Å². The van der Waals surface area contributed by atoms with Crippen molar-refractivity contribution in [1.29, 1.82) is 0 Å². The van der Waals surface area contributed by atoms with Gasteiger partial charge in [0.25, 0.3) is 0 Å². The van der Waals surface area contributed by atoms with Crippen molar-refractivity contribution in [2.45, 2.75) is 6.54 Å². The first kappa shape index (κ1) is 16.9. The molecule has 8 heteroatoms. The van der Waals surface area contributed by atoms with Crippen LogP contribution in [0.5, 0.6) is 0 Å². The largest absolute Gasteiger partial charge is 0.297 e. The van der Waals surface area contributed by atoms with Crippen molar-refractivity contribution < 1.29 is 8.42 Å². The minimum absolute atomic E-state index is 0.246. The topological polar surface area (TPSA) is 81.0 Å². The third-order valence-electron chi connectivity index (χ3n) is 4.48. The summed E-state index contributed by atoms with van der Waals surface area (Å²) in [4.78, 5) is 15.0. The monoisotopic (exact) mass is 369 g/mol. The Morgan fingerprint density at radius 2 is 1.81 bits per heavy atom. The summed E-state index contributed by atoms with van der Waals surface area (Å²) in [5.41, 5.74) is 3.14. The molecular formula is C18H19N5O2S. The Hall–Kier alpha value is -2.58. The van der Waals surface area contributed by atoms with Crippen LogP contribution in [-0.2, 0) is 16.4 Å². The zero-order valence-corrected chi connectivity index (χ0v) is 15.0. The molecule has 0 N–H and O–H groups in total. The molecule has 0 saturated carbocycles. The molecule has 1 aliphatic heterocycles. The lowest BCUT2D eigenvalue weighted by atomic mass is 10.1. The first-order valence-electron chi connectivity index (χ1n) is 8.41. The van der Waals surface area contributed by atoms with Crippen LogP contribution in [0.1, 0.15) is 5.56 Å². The summed E-state index contributed by atoms with van der Waals surface area (Å²) in [6, 6.07) is 8.21. The van der Waals surface area contributed by atoms with Crippen molar-refractivity contribution in [2.75, 3.05) is 24.6 Å². The first-order valence-corrected chi connectivity index (χ1v) is 10.2. The molecule has 1 saturated heterocycles. The maximum atomic E-state index is 11.6. The fourth-order valence-corrected chi connectivity index (χ4v) is 4.27. The Labute approximate surface area is 152 Å². The fraction of sp³-hybridized carbons (Fsp3) is 0.278. The van der Waals surface area contributed by atoms with Gasteiger partial charge in [0.2, 0.25) is 5.95 Å². The van der Waals surface area contributed by atoms with Gasteiger partial charge in [0.1, 0.15) is 6.33 Å². The average Bonchev–Trinajstić information content (AvgIpc) is 3.19. The van der Waals surface area contributed by atoms with Gasteiger partial charge in [-0.1, -0.05) is 18.2 Å². The van der Waals surface area contributed by atoms with Gasteiger partial charge >= 0.3 is 0 Å². The average molecular weight is 369 g/mol. The van der Waals surface area contributed by atoms with Crippen LogP contribution < -0.4 is 0 Å². The van der Waals surface area contributed by atoms with Crippen LogP contribution in [0.4, 0.5) is 0 Å². The lowest BCUT2D eigenvalue weighted by Crippen LogP contribution is -2.39. The van der Waals surface area contributed by atoms with Crippen molar-refractivity contribution in [1.82, 2.24) is 24.4 Å². The predicted octanol–water partition coefficient (Wildman–Crippen LogP) is 1.56. The summed E-state index contributed by atoms with van der Waals surface area (Å²) in [6.45, 7) is 1.93. The maximum absolute atomic E-state index is 11.6. The molecule has 0 atom stereocenters. The molecule has 0 bridgehead atoms. The number of nitrogens with zero attached hydrogens (tertiary/aromatic N) is 5.